The smallest absolute Gasteiger partial charge is 0.274 e. The third kappa shape index (κ3) is 4.39. The van der Waals surface area contributed by atoms with Gasteiger partial charge in [-0.05, 0) is 43.5 Å². The molecule has 0 spiro atoms. The maximum Gasteiger partial charge on any atom is 0.274 e. The van der Waals surface area contributed by atoms with Gasteiger partial charge in [0.15, 0.2) is 0 Å². The van der Waals surface area contributed by atoms with Crippen molar-refractivity contribution in [2.24, 2.45) is 0 Å². The zero-order valence-electron chi connectivity index (χ0n) is 15.2. The molecule has 0 N–H and O–H groups in total. The van der Waals surface area contributed by atoms with Crippen LogP contribution in [0.25, 0.3) is 0 Å². The number of carbonyl (C=O) groups is 1. The molecule has 6 nitrogen and oxygen atoms in total. The number of amides is 1. The van der Waals surface area contributed by atoms with E-state index in [1.807, 2.05) is 4.90 Å². The Morgan fingerprint density at radius 2 is 1.81 bits per heavy atom. The number of nitrogens with zero attached hydrogens (tertiary/aromatic N) is 4. The lowest BCUT2D eigenvalue weighted by atomic mass is 9.91. The third-order valence-electron chi connectivity index (χ3n) is 5.29. The van der Waals surface area contributed by atoms with Gasteiger partial charge in [-0.15, -0.1) is 0 Å². The second-order valence-electron chi connectivity index (χ2n) is 7.06. The molecule has 142 valence electrons. The second-order valence-corrected chi connectivity index (χ2v) is 7.50. The largest absolute Gasteiger partial charge is 0.438 e. The van der Waals surface area contributed by atoms with Gasteiger partial charge >= 0.3 is 0 Å². The Morgan fingerprint density at radius 1 is 1.00 bits per heavy atom. The Labute approximate surface area is 164 Å². The molecule has 0 radical (unpaired) electrons. The number of hydrogen-bond acceptors (Lipinski definition) is 5. The first-order valence-electron chi connectivity index (χ1n) is 9.48. The fraction of sp³-hybridized carbons (Fsp3) is 0.450. The molecule has 2 aliphatic rings. The van der Waals surface area contributed by atoms with Crippen LogP contribution in [0.1, 0.15) is 36.2 Å². The molecule has 1 aromatic heterocycles. The lowest BCUT2D eigenvalue weighted by molar-refractivity contribution is 0.0743. The predicted molar refractivity (Wildman–Crippen MR) is 103 cm³/mol. The summed E-state index contributed by atoms with van der Waals surface area (Å²) in [6, 6.07) is 7.73. The van der Waals surface area contributed by atoms with Crippen molar-refractivity contribution in [1.29, 1.82) is 0 Å². The van der Waals surface area contributed by atoms with Crippen molar-refractivity contribution in [3.63, 3.8) is 0 Å². The van der Waals surface area contributed by atoms with Gasteiger partial charge in [0.1, 0.15) is 11.4 Å². The molecule has 0 bridgehead atoms. The highest BCUT2D eigenvalue weighted by molar-refractivity contribution is 6.30. The summed E-state index contributed by atoms with van der Waals surface area (Å²) in [4.78, 5) is 25.7. The minimum Gasteiger partial charge on any atom is -0.438 e. The first-order chi connectivity index (χ1) is 13.2. The molecular weight excluding hydrogens is 364 g/mol. The van der Waals surface area contributed by atoms with Crippen molar-refractivity contribution >= 4 is 17.5 Å². The lowest BCUT2D eigenvalue weighted by Gasteiger charge is -2.36. The fourth-order valence-electron chi connectivity index (χ4n) is 3.52. The minimum absolute atomic E-state index is 0.0593. The van der Waals surface area contributed by atoms with Crippen LogP contribution < -0.4 is 4.74 Å². The summed E-state index contributed by atoms with van der Waals surface area (Å²) in [5.41, 5.74) is 0.357. The number of rotatable bonds is 4. The van der Waals surface area contributed by atoms with Crippen LogP contribution in [-0.2, 0) is 0 Å². The van der Waals surface area contributed by atoms with E-state index in [0.717, 1.165) is 38.6 Å². The van der Waals surface area contributed by atoms with Gasteiger partial charge in [-0.2, -0.15) is 0 Å². The van der Waals surface area contributed by atoms with Crippen molar-refractivity contribution in [3.05, 3.63) is 47.4 Å². The van der Waals surface area contributed by atoms with Crippen molar-refractivity contribution in [1.82, 2.24) is 19.8 Å². The lowest BCUT2D eigenvalue weighted by Crippen LogP contribution is -2.42. The number of ether oxygens (including phenoxy) is 1. The van der Waals surface area contributed by atoms with E-state index in [-0.39, 0.29) is 5.91 Å². The maximum atomic E-state index is 12.8. The summed E-state index contributed by atoms with van der Waals surface area (Å²) >= 11 is 5.86. The Kier molecular flexibility index (Phi) is 5.55. The van der Waals surface area contributed by atoms with Crippen molar-refractivity contribution in [2.45, 2.75) is 31.7 Å². The Bertz CT molecular complexity index is 778. The minimum atomic E-state index is -0.0593. The first kappa shape index (κ1) is 18.2. The first-order valence-corrected chi connectivity index (χ1v) is 9.85. The fourth-order valence-corrected chi connectivity index (χ4v) is 3.65. The highest BCUT2D eigenvalue weighted by atomic mass is 35.5. The number of carbonyl (C=O) groups excluding carboxylic acids is 1. The highest BCUT2D eigenvalue weighted by Crippen LogP contribution is 2.26. The second kappa shape index (κ2) is 8.23. The zero-order valence-corrected chi connectivity index (χ0v) is 15.9. The van der Waals surface area contributed by atoms with Crippen LogP contribution in [0, 0.1) is 0 Å². The quantitative estimate of drug-likeness (QED) is 0.803. The van der Waals surface area contributed by atoms with Gasteiger partial charge in [0.05, 0.1) is 12.4 Å². The van der Waals surface area contributed by atoms with E-state index in [9.17, 15) is 4.79 Å². The highest BCUT2D eigenvalue weighted by Gasteiger charge is 2.28. The van der Waals surface area contributed by atoms with Crippen LogP contribution in [-0.4, -0.2) is 57.9 Å². The van der Waals surface area contributed by atoms with Crippen molar-refractivity contribution < 1.29 is 9.53 Å². The molecule has 2 aromatic rings. The van der Waals surface area contributed by atoms with Gasteiger partial charge < -0.3 is 9.64 Å². The van der Waals surface area contributed by atoms with E-state index in [1.54, 1.807) is 24.3 Å². The van der Waals surface area contributed by atoms with E-state index < -0.39 is 0 Å². The summed E-state index contributed by atoms with van der Waals surface area (Å²) in [6.07, 6.45) is 7.92. The maximum absolute atomic E-state index is 12.8. The van der Waals surface area contributed by atoms with Gasteiger partial charge in [-0.3, -0.25) is 9.69 Å². The van der Waals surface area contributed by atoms with Gasteiger partial charge in [-0.25, -0.2) is 9.97 Å². The topological polar surface area (TPSA) is 58.6 Å². The number of aromatic nitrogens is 2. The van der Waals surface area contributed by atoms with Crippen LogP contribution in [0.2, 0.25) is 5.02 Å². The van der Waals surface area contributed by atoms with Crippen molar-refractivity contribution in [2.75, 3.05) is 26.2 Å². The van der Waals surface area contributed by atoms with E-state index in [2.05, 4.69) is 14.9 Å². The Hall–Kier alpha value is -2.18. The number of benzene rings is 1. The monoisotopic (exact) mass is 386 g/mol. The molecule has 1 saturated carbocycles. The molecular formula is C20H23ClN4O2. The average molecular weight is 387 g/mol. The molecule has 1 aliphatic heterocycles. The summed E-state index contributed by atoms with van der Waals surface area (Å²) in [5, 5.41) is 0.641. The SMILES string of the molecule is O=C(c1cnc(Oc2ccc(Cl)cc2)cn1)N1CCCN(C2CCC2)CC1. The molecule has 7 heteroatoms. The number of halogens is 1. The number of hydrogen-bond donors (Lipinski definition) is 0. The van der Waals surface area contributed by atoms with Crippen LogP contribution in [0.4, 0.5) is 0 Å². The van der Waals surface area contributed by atoms with Crippen molar-refractivity contribution in [3.8, 4) is 11.6 Å². The van der Waals surface area contributed by atoms with Gasteiger partial charge in [0.25, 0.3) is 5.91 Å². The molecule has 0 atom stereocenters. The van der Waals surface area contributed by atoms with Crippen LogP contribution >= 0.6 is 11.6 Å². The van der Waals surface area contributed by atoms with E-state index in [1.165, 1.54) is 31.7 Å². The molecule has 0 unspecified atom stereocenters. The molecule has 2 fully saturated rings. The molecule has 2 heterocycles. The summed E-state index contributed by atoms with van der Waals surface area (Å²) < 4.78 is 5.63. The summed E-state index contributed by atoms with van der Waals surface area (Å²) in [7, 11) is 0. The summed E-state index contributed by atoms with van der Waals surface area (Å²) in [6.45, 7) is 3.54. The third-order valence-corrected chi connectivity index (χ3v) is 5.54. The van der Waals surface area contributed by atoms with Crippen LogP contribution in [0.15, 0.2) is 36.7 Å². The van der Waals surface area contributed by atoms with E-state index >= 15 is 0 Å². The Balaban J connectivity index is 1.36. The molecule has 1 aliphatic carbocycles. The molecule has 27 heavy (non-hydrogen) atoms. The van der Waals surface area contributed by atoms with Crippen LogP contribution in [0.5, 0.6) is 11.6 Å². The predicted octanol–water partition coefficient (Wildman–Crippen LogP) is 3.62. The molecule has 1 amide bonds. The van der Waals surface area contributed by atoms with Gasteiger partial charge in [0, 0.05) is 37.2 Å². The molecule has 1 saturated heterocycles. The van der Waals surface area contributed by atoms with Gasteiger partial charge in [0.2, 0.25) is 5.88 Å². The molecule has 1 aromatic carbocycles. The average Bonchev–Trinajstić information content (AvgIpc) is 2.88. The summed E-state index contributed by atoms with van der Waals surface area (Å²) in [5.74, 6) is 0.910. The normalized spacial score (nSPS) is 18.6. The zero-order chi connectivity index (χ0) is 18.6. The van der Waals surface area contributed by atoms with E-state index in [0.29, 0.717) is 22.3 Å². The van der Waals surface area contributed by atoms with Gasteiger partial charge in [-0.1, -0.05) is 18.0 Å². The standard InChI is InChI=1S/C20H23ClN4O2/c21-15-5-7-17(8-6-15)27-19-14-22-18(13-23-19)20(26)25-10-2-9-24(11-12-25)16-3-1-4-16/h5-8,13-14,16H,1-4,9-12H2. The van der Waals surface area contributed by atoms with Crippen LogP contribution in [0.3, 0.4) is 0 Å². The van der Waals surface area contributed by atoms with E-state index in [4.69, 9.17) is 16.3 Å². The molecule has 4 rings (SSSR count). The Morgan fingerprint density at radius 3 is 2.48 bits per heavy atom.